The number of methoxy groups -OCH3 is 1. The molecule has 0 aromatic carbocycles. The zero-order valence-electron chi connectivity index (χ0n) is 10.1. The van der Waals surface area contributed by atoms with E-state index in [9.17, 15) is 14.4 Å². The molecule has 1 saturated heterocycles. The molecule has 6 heteroatoms. The van der Waals surface area contributed by atoms with E-state index in [0.717, 1.165) is 0 Å². The van der Waals surface area contributed by atoms with Crippen LogP contribution >= 0.6 is 0 Å². The van der Waals surface area contributed by atoms with Gasteiger partial charge in [0, 0.05) is 0 Å². The number of carbonyl (C=O) groups is 3. The Morgan fingerprint density at radius 2 is 2.12 bits per heavy atom. The lowest BCUT2D eigenvalue weighted by atomic mass is 9.85. The first-order valence-electron chi connectivity index (χ1n) is 5.56. The number of imide groups is 1. The van der Waals surface area contributed by atoms with Crippen molar-refractivity contribution >= 4 is 17.9 Å². The van der Waals surface area contributed by atoms with Gasteiger partial charge in [0.2, 0.25) is 0 Å². The van der Waals surface area contributed by atoms with Crippen LogP contribution < -0.4 is 10.6 Å². The molecule has 94 valence electrons. The fourth-order valence-corrected chi connectivity index (χ4v) is 3.09. The van der Waals surface area contributed by atoms with Crippen molar-refractivity contribution in [2.75, 3.05) is 7.11 Å². The predicted molar refractivity (Wildman–Crippen MR) is 57.9 cm³/mol. The predicted octanol–water partition coefficient (Wildman–Crippen LogP) is 0.174. The maximum atomic E-state index is 11.9. The van der Waals surface area contributed by atoms with Gasteiger partial charge in [0.15, 0.2) is 0 Å². The lowest BCUT2D eigenvalue weighted by molar-refractivity contribution is -0.151. The molecular weight excluding hydrogens is 224 g/mol. The van der Waals surface area contributed by atoms with Crippen molar-refractivity contribution in [1.82, 2.24) is 10.6 Å². The average molecular weight is 240 g/mol. The van der Waals surface area contributed by atoms with Gasteiger partial charge >= 0.3 is 12.0 Å². The molecule has 17 heavy (non-hydrogen) atoms. The van der Waals surface area contributed by atoms with E-state index in [1.54, 1.807) is 6.92 Å². The van der Waals surface area contributed by atoms with Gasteiger partial charge in [-0.05, 0) is 25.7 Å². The number of amides is 3. The standard InChI is InChI=1S/C11H16N2O4/c1-6-4-10(2,8(15)17-3)5-11(6)7(14)12-9(16)13-11/h6H,4-5H2,1-3H3,(H2,12,13,14,16)/t6-,10+,11-/m1/s1. The average Bonchev–Trinajstić information content (AvgIpc) is 2.66. The summed E-state index contributed by atoms with van der Waals surface area (Å²) in [6.45, 7) is 3.63. The molecule has 6 nitrogen and oxygen atoms in total. The molecule has 2 rings (SSSR count). The summed E-state index contributed by atoms with van der Waals surface area (Å²) in [7, 11) is 1.33. The van der Waals surface area contributed by atoms with Crippen LogP contribution in [0.5, 0.6) is 0 Å². The van der Waals surface area contributed by atoms with Crippen LogP contribution in [0.15, 0.2) is 0 Å². The molecule has 0 radical (unpaired) electrons. The number of esters is 1. The zero-order chi connectivity index (χ0) is 12.8. The molecule has 0 unspecified atom stereocenters. The molecule has 1 saturated carbocycles. The van der Waals surface area contributed by atoms with Crippen molar-refractivity contribution in [2.45, 2.75) is 32.2 Å². The van der Waals surface area contributed by atoms with Crippen molar-refractivity contribution in [3.8, 4) is 0 Å². The fourth-order valence-electron chi connectivity index (χ4n) is 3.09. The van der Waals surface area contributed by atoms with Crippen LogP contribution in [-0.2, 0) is 14.3 Å². The van der Waals surface area contributed by atoms with Crippen LogP contribution in [-0.4, -0.2) is 30.6 Å². The van der Waals surface area contributed by atoms with Crippen molar-refractivity contribution < 1.29 is 19.1 Å². The Labute approximate surface area is 99.1 Å². The molecule has 3 atom stereocenters. The Hall–Kier alpha value is -1.59. The second-order valence-corrected chi connectivity index (χ2v) is 5.21. The van der Waals surface area contributed by atoms with Crippen molar-refractivity contribution in [3.05, 3.63) is 0 Å². The smallest absolute Gasteiger partial charge is 0.322 e. The third-order valence-corrected chi connectivity index (χ3v) is 3.91. The van der Waals surface area contributed by atoms with Crippen LogP contribution in [0.3, 0.4) is 0 Å². The fraction of sp³-hybridized carbons (Fsp3) is 0.727. The number of hydrogen-bond acceptors (Lipinski definition) is 4. The second-order valence-electron chi connectivity index (χ2n) is 5.21. The molecule has 2 fully saturated rings. The second kappa shape index (κ2) is 3.45. The largest absolute Gasteiger partial charge is 0.469 e. The summed E-state index contributed by atoms with van der Waals surface area (Å²) in [5, 5.41) is 4.89. The van der Waals surface area contributed by atoms with Crippen molar-refractivity contribution in [2.24, 2.45) is 11.3 Å². The van der Waals surface area contributed by atoms with Crippen molar-refractivity contribution in [1.29, 1.82) is 0 Å². The normalized spacial score (nSPS) is 40.3. The Balaban J connectivity index is 2.32. The minimum atomic E-state index is -0.958. The molecule has 2 N–H and O–H groups in total. The number of hydrogen-bond donors (Lipinski definition) is 2. The molecule has 0 aromatic heterocycles. The first-order valence-corrected chi connectivity index (χ1v) is 5.56. The highest BCUT2D eigenvalue weighted by atomic mass is 16.5. The van der Waals surface area contributed by atoms with Crippen LogP contribution in [0, 0.1) is 11.3 Å². The molecule has 0 aromatic rings. The summed E-state index contributed by atoms with van der Waals surface area (Å²) in [5.41, 5.74) is -1.68. The summed E-state index contributed by atoms with van der Waals surface area (Å²) < 4.78 is 4.77. The van der Waals surface area contributed by atoms with E-state index >= 15 is 0 Å². The van der Waals surface area contributed by atoms with Crippen LogP contribution in [0.4, 0.5) is 4.79 Å². The van der Waals surface area contributed by atoms with Gasteiger partial charge in [-0.25, -0.2) is 4.79 Å². The van der Waals surface area contributed by atoms with Gasteiger partial charge in [0.05, 0.1) is 12.5 Å². The third-order valence-electron chi connectivity index (χ3n) is 3.91. The van der Waals surface area contributed by atoms with Gasteiger partial charge in [0.1, 0.15) is 5.54 Å². The van der Waals surface area contributed by atoms with E-state index < -0.39 is 17.0 Å². The molecule has 1 aliphatic carbocycles. The number of ether oxygens (including phenoxy) is 1. The molecule has 1 aliphatic heterocycles. The lowest BCUT2D eigenvalue weighted by Crippen LogP contribution is -2.49. The van der Waals surface area contributed by atoms with Gasteiger partial charge in [0.25, 0.3) is 5.91 Å². The van der Waals surface area contributed by atoms with Gasteiger partial charge in [-0.2, -0.15) is 0 Å². The Morgan fingerprint density at radius 3 is 2.59 bits per heavy atom. The maximum Gasteiger partial charge on any atom is 0.322 e. The third kappa shape index (κ3) is 1.50. The van der Waals surface area contributed by atoms with Gasteiger partial charge in [-0.3, -0.25) is 14.9 Å². The first-order chi connectivity index (χ1) is 7.84. The van der Waals surface area contributed by atoms with E-state index in [1.807, 2.05) is 6.92 Å². The van der Waals surface area contributed by atoms with Crippen molar-refractivity contribution in [3.63, 3.8) is 0 Å². The Bertz CT molecular complexity index is 408. The number of nitrogens with one attached hydrogen (secondary N) is 2. The lowest BCUT2D eigenvalue weighted by Gasteiger charge is -2.26. The topological polar surface area (TPSA) is 84.5 Å². The highest BCUT2D eigenvalue weighted by Crippen LogP contribution is 2.49. The molecule has 2 aliphatic rings. The van der Waals surface area contributed by atoms with Gasteiger partial charge < -0.3 is 10.1 Å². The summed E-state index contributed by atoms with van der Waals surface area (Å²) in [6.07, 6.45) is 0.804. The summed E-state index contributed by atoms with van der Waals surface area (Å²) >= 11 is 0. The Morgan fingerprint density at radius 1 is 1.47 bits per heavy atom. The number of rotatable bonds is 1. The molecule has 1 heterocycles. The van der Waals surface area contributed by atoms with Crippen LogP contribution in [0.25, 0.3) is 0 Å². The maximum absolute atomic E-state index is 11.9. The monoisotopic (exact) mass is 240 g/mol. The summed E-state index contributed by atoms with van der Waals surface area (Å²) in [5.74, 6) is -0.782. The molecule has 3 amide bonds. The first kappa shape index (κ1) is 11.9. The quantitative estimate of drug-likeness (QED) is 0.505. The molecule has 1 spiro atoms. The zero-order valence-corrected chi connectivity index (χ0v) is 10.1. The summed E-state index contributed by atoms with van der Waals surface area (Å²) in [4.78, 5) is 34.9. The van der Waals surface area contributed by atoms with Gasteiger partial charge in [-0.1, -0.05) is 6.92 Å². The summed E-state index contributed by atoms with van der Waals surface area (Å²) in [6, 6.07) is -0.490. The van der Waals surface area contributed by atoms with Crippen LogP contribution in [0.2, 0.25) is 0 Å². The number of carbonyl (C=O) groups excluding carboxylic acids is 3. The SMILES string of the molecule is COC(=O)[C@@]1(C)C[C@@H](C)[C@@]2(C1)NC(=O)NC2=O. The van der Waals surface area contributed by atoms with E-state index in [0.29, 0.717) is 6.42 Å². The minimum absolute atomic E-state index is 0.0990. The highest BCUT2D eigenvalue weighted by Gasteiger charge is 2.61. The van der Waals surface area contributed by atoms with E-state index in [1.165, 1.54) is 7.11 Å². The molecule has 0 bridgehead atoms. The van der Waals surface area contributed by atoms with E-state index in [4.69, 9.17) is 4.74 Å². The molecular formula is C11H16N2O4. The van der Waals surface area contributed by atoms with Crippen LogP contribution in [0.1, 0.15) is 26.7 Å². The van der Waals surface area contributed by atoms with Gasteiger partial charge in [-0.15, -0.1) is 0 Å². The number of urea groups is 1. The minimum Gasteiger partial charge on any atom is -0.469 e. The van der Waals surface area contributed by atoms with E-state index in [2.05, 4.69) is 10.6 Å². The highest BCUT2D eigenvalue weighted by molar-refractivity contribution is 6.08. The van der Waals surface area contributed by atoms with E-state index in [-0.39, 0.29) is 24.2 Å². The Kier molecular flexibility index (Phi) is 2.41.